The van der Waals surface area contributed by atoms with E-state index in [9.17, 15) is 8.78 Å². The smallest absolute Gasteiger partial charge is 0.387 e. The molecule has 0 N–H and O–H groups in total. The van der Waals surface area contributed by atoms with Crippen LogP contribution in [0.15, 0.2) is 29.2 Å². The lowest BCUT2D eigenvalue weighted by atomic mass is 10.3. The minimum absolute atomic E-state index is 0.202. The van der Waals surface area contributed by atoms with Gasteiger partial charge in [0.1, 0.15) is 5.75 Å². The minimum Gasteiger partial charge on any atom is -0.435 e. The van der Waals surface area contributed by atoms with Crippen LogP contribution < -0.4 is 4.74 Å². The molecule has 0 heterocycles. The van der Waals surface area contributed by atoms with Crippen molar-refractivity contribution in [3.8, 4) is 5.75 Å². The quantitative estimate of drug-likeness (QED) is 0.711. The van der Waals surface area contributed by atoms with Crippen molar-refractivity contribution in [2.45, 2.75) is 30.6 Å². The molecule has 0 saturated carbocycles. The maximum absolute atomic E-state index is 11.8. The first-order valence-electron chi connectivity index (χ1n) is 4.29. The van der Waals surface area contributed by atoms with Crippen LogP contribution in [0.5, 0.6) is 5.75 Å². The summed E-state index contributed by atoms with van der Waals surface area (Å²) in [5, 5.41) is 0.483. The highest BCUT2D eigenvalue weighted by molar-refractivity contribution is 7.99. The molecule has 0 aromatic heterocycles. The van der Waals surface area contributed by atoms with E-state index < -0.39 is 6.61 Å². The Morgan fingerprint density at radius 2 is 1.71 bits per heavy atom. The monoisotopic (exact) mass is 218 g/mol. The van der Waals surface area contributed by atoms with Gasteiger partial charge in [-0.05, 0) is 24.3 Å². The van der Waals surface area contributed by atoms with Gasteiger partial charge in [-0.25, -0.2) is 0 Å². The van der Waals surface area contributed by atoms with Crippen molar-refractivity contribution in [3.63, 3.8) is 0 Å². The Balaban J connectivity index is 2.59. The molecule has 0 amide bonds. The van der Waals surface area contributed by atoms with Crippen molar-refractivity contribution >= 4 is 11.8 Å². The first kappa shape index (κ1) is 11.3. The maximum atomic E-state index is 11.8. The van der Waals surface area contributed by atoms with E-state index >= 15 is 0 Å². The van der Waals surface area contributed by atoms with Crippen LogP contribution in [-0.4, -0.2) is 11.9 Å². The number of rotatable bonds is 4. The van der Waals surface area contributed by atoms with Crippen molar-refractivity contribution in [3.05, 3.63) is 24.3 Å². The summed E-state index contributed by atoms with van der Waals surface area (Å²) in [6.45, 7) is 1.40. The van der Waals surface area contributed by atoms with Gasteiger partial charge in [0.25, 0.3) is 0 Å². The van der Waals surface area contributed by atoms with E-state index in [4.69, 9.17) is 0 Å². The molecule has 1 aromatic carbocycles. The van der Waals surface area contributed by atoms with Gasteiger partial charge < -0.3 is 4.74 Å². The molecule has 0 saturated heterocycles. The topological polar surface area (TPSA) is 9.23 Å². The molecule has 1 rings (SSSR count). The van der Waals surface area contributed by atoms with Crippen molar-refractivity contribution < 1.29 is 13.5 Å². The normalized spacial score (nSPS) is 11.0. The van der Waals surface area contributed by atoms with E-state index in [1.165, 1.54) is 0 Å². The van der Waals surface area contributed by atoms with Crippen molar-refractivity contribution in [1.29, 1.82) is 0 Å². The van der Waals surface area contributed by atoms with Crippen molar-refractivity contribution in [2.75, 3.05) is 0 Å². The molecule has 14 heavy (non-hydrogen) atoms. The number of hydrogen-bond donors (Lipinski definition) is 0. The number of benzene rings is 1. The Labute approximate surface area is 86.5 Å². The first-order chi connectivity index (χ1) is 6.58. The Hall–Kier alpha value is -0.770. The summed E-state index contributed by atoms with van der Waals surface area (Å²) in [5.74, 6) is 0.202. The molecule has 0 atom stereocenters. The fourth-order valence-corrected chi connectivity index (χ4v) is 1.81. The zero-order valence-electron chi connectivity index (χ0n) is 8.04. The largest absolute Gasteiger partial charge is 0.435 e. The van der Waals surface area contributed by atoms with Crippen LogP contribution in [0, 0.1) is 0 Å². The molecule has 0 bridgehead atoms. The van der Waals surface area contributed by atoms with Gasteiger partial charge in [0, 0.05) is 10.1 Å². The number of hydrogen-bond acceptors (Lipinski definition) is 2. The predicted molar refractivity (Wildman–Crippen MR) is 54.1 cm³/mol. The molecular formula is C10H12F2OS. The summed E-state index contributed by atoms with van der Waals surface area (Å²) in [5.41, 5.74) is 0. The van der Waals surface area contributed by atoms with Gasteiger partial charge in [0.05, 0.1) is 0 Å². The second kappa shape index (κ2) is 5.20. The summed E-state index contributed by atoms with van der Waals surface area (Å²) in [7, 11) is 0. The molecule has 0 fully saturated rings. The van der Waals surface area contributed by atoms with Crippen LogP contribution in [-0.2, 0) is 0 Å². The summed E-state index contributed by atoms with van der Waals surface area (Å²) in [6, 6.07) is 6.67. The third-order valence-corrected chi connectivity index (χ3v) is 2.44. The highest BCUT2D eigenvalue weighted by Gasteiger charge is 2.04. The van der Waals surface area contributed by atoms with Gasteiger partial charge in [0.15, 0.2) is 0 Å². The van der Waals surface area contributed by atoms with E-state index in [1.54, 1.807) is 36.0 Å². The highest BCUT2D eigenvalue weighted by Crippen LogP contribution is 2.25. The number of halogens is 2. The lowest BCUT2D eigenvalue weighted by Crippen LogP contribution is -2.01. The average molecular weight is 218 g/mol. The Morgan fingerprint density at radius 3 is 2.14 bits per heavy atom. The third-order valence-electron chi connectivity index (χ3n) is 1.42. The van der Waals surface area contributed by atoms with Crippen LogP contribution in [0.3, 0.4) is 0 Å². The number of thioether (sulfide) groups is 1. The van der Waals surface area contributed by atoms with Gasteiger partial charge in [-0.2, -0.15) is 8.78 Å². The fourth-order valence-electron chi connectivity index (χ4n) is 0.972. The number of alkyl halides is 2. The van der Waals surface area contributed by atoms with E-state index in [0.717, 1.165) is 4.90 Å². The van der Waals surface area contributed by atoms with Crippen LogP contribution >= 0.6 is 11.8 Å². The molecule has 4 heteroatoms. The summed E-state index contributed by atoms with van der Waals surface area (Å²) < 4.78 is 27.8. The van der Waals surface area contributed by atoms with Crippen molar-refractivity contribution in [1.82, 2.24) is 0 Å². The van der Waals surface area contributed by atoms with Crippen LogP contribution in [0.1, 0.15) is 13.8 Å². The minimum atomic E-state index is -2.75. The zero-order chi connectivity index (χ0) is 10.6. The van der Waals surface area contributed by atoms with Gasteiger partial charge >= 0.3 is 6.61 Å². The predicted octanol–water partition coefficient (Wildman–Crippen LogP) is 3.79. The third kappa shape index (κ3) is 3.96. The first-order valence-corrected chi connectivity index (χ1v) is 5.17. The van der Waals surface area contributed by atoms with Gasteiger partial charge in [-0.1, -0.05) is 13.8 Å². The SMILES string of the molecule is CC(C)Sc1ccc(OC(F)F)cc1. The Bertz CT molecular complexity index is 243. The van der Waals surface area contributed by atoms with Crippen LogP contribution in [0.2, 0.25) is 0 Å². The Morgan fingerprint density at radius 1 is 1.14 bits per heavy atom. The molecule has 0 aliphatic heterocycles. The maximum Gasteiger partial charge on any atom is 0.387 e. The Kier molecular flexibility index (Phi) is 4.20. The van der Waals surface area contributed by atoms with E-state index in [2.05, 4.69) is 18.6 Å². The summed E-state index contributed by atoms with van der Waals surface area (Å²) in [6.07, 6.45) is 0. The molecule has 1 nitrogen and oxygen atoms in total. The molecule has 0 spiro atoms. The van der Waals surface area contributed by atoms with Crippen LogP contribution in [0.25, 0.3) is 0 Å². The second-order valence-corrected chi connectivity index (χ2v) is 4.67. The molecule has 0 radical (unpaired) electrons. The molecule has 1 aromatic rings. The van der Waals surface area contributed by atoms with Crippen LogP contribution in [0.4, 0.5) is 8.78 Å². The molecular weight excluding hydrogens is 206 g/mol. The number of ether oxygens (including phenoxy) is 1. The van der Waals surface area contributed by atoms with Gasteiger partial charge in [0.2, 0.25) is 0 Å². The lowest BCUT2D eigenvalue weighted by molar-refractivity contribution is -0.0498. The average Bonchev–Trinajstić information content (AvgIpc) is 2.06. The van der Waals surface area contributed by atoms with E-state index in [-0.39, 0.29) is 5.75 Å². The summed E-state index contributed by atoms with van der Waals surface area (Å²) >= 11 is 1.68. The molecule has 0 aliphatic carbocycles. The lowest BCUT2D eigenvalue weighted by Gasteiger charge is -2.07. The second-order valence-electron chi connectivity index (χ2n) is 3.02. The molecule has 0 aliphatic rings. The standard InChI is InChI=1S/C10H12F2OS/c1-7(2)14-9-5-3-8(4-6-9)13-10(11)12/h3-7,10H,1-2H3. The van der Waals surface area contributed by atoms with Gasteiger partial charge in [-0.15, -0.1) is 11.8 Å². The highest BCUT2D eigenvalue weighted by atomic mass is 32.2. The fraction of sp³-hybridized carbons (Fsp3) is 0.400. The van der Waals surface area contributed by atoms with E-state index in [1.807, 2.05) is 0 Å². The van der Waals surface area contributed by atoms with Gasteiger partial charge in [-0.3, -0.25) is 0 Å². The van der Waals surface area contributed by atoms with Crippen molar-refractivity contribution in [2.24, 2.45) is 0 Å². The zero-order valence-corrected chi connectivity index (χ0v) is 8.85. The summed E-state index contributed by atoms with van der Waals surface area (Å²) in [4.78, 5) is 1.06. The molecule has 0 unspecified atom stereocenters. The van der Waals surface area contributed by atoms with E-state index in [0.29, 0.717) is 5.25 Å². The molecule has 78 valence electrons.